The SMILES string of the molecule is CC.CNCn1ccnc1. The van der Waals surface area contributed by atoms with Crippen LogP contribution in [0.25, 0.3) is 0 Å². The van der Waals surface area contributed by atoms with E-state index in [-0.39, 0.29) is 0 Å². The van der Waals surface area contributed by atoms with Crippen LogP contribution in [0, 0.1) is 0 Å². The van der Waals surface area contributed by atoms with Gasteiger partial charge in [0.2, 0.25) is 0 Å². The van der Waals surface area contributed by atoms with Crippen molar-refractivity contribution in [3.05, 3.63) is 18.7 Å². The van der Waals surface area contributed by atoms with Crippen LogP contribution in [0.5, 0.6) is 0 Å². The molecule has 1 aromatic heterocycles. The second-order valence-electron chi connectivity index (χ2n) is 1.59. The van der Waals surface area contributed by atoms with Crippen molar-refractivity contribution in [1.29, 1.82) is 0 Å². The highest BCUT2D eigenvalue weighted by molar-refractivity contribution is 4.72. The summed E-state index contributed by atoms with van der Waals surface area (Å²) in [6, 6.07) is 0. The minimum Gasteiger partial charge on any atom is -0.324 e. The molecule has 58 valence electrons. The van der Waals surface area contributed by atoms with Crippen LogP contribution in [0.4, 0.5) is 0 Å². The minimum absolute atomic E-state index is 0.833. The highest BCUT2D eigenvalue weighted by atomic mass is 15.1. The third-order valence-corrected chi connectivity index (χ3v) is 0.900. The number of nitrogens with one attached hydrogen (secondary N) is 1. The molecule has 0 aliphatic heterocycles. The molecule has 0 radical (unpaired) electrons. The summed E-state index contributed by atoms with van der Waals surface area (Å²) < 4.78 is 1.96. The zero-order chi connectivity index (χ0) is 7.82. The quantitative estimate of drug-likeness (QED) is 0.668. The molecule has 0 aliphatic carbocycles. The zero-order valence-corrected chi connectivity index (χ0v) is 6.83. The Balaban J connectivity index is 0.000000371. The molecule has 0 spiro atoms. The Hall–Kier alpha value is -0.830. The first-order chi connectivity index (χ1) is 4.93. The van der Waals surface area contributed by atoms with Crippen molar-refractivity contribution in [1.82, 2.24) is 14.9 Å². The molecule has 0 atom stereocenters. The van der Waals surface area contributed by atoms with Crippen LogP contribution in [0.15, 0.2) is 18.7 Å². The minimum atomic E-state index is 0.833. The molecular formula is C7H15N3. The fourth-order valence-corrected chi connectivity index (χ4v) is 0.563. The van der Waals surface area contributed by atoms with Gasteiger partial charge in [-0.3, -0.25) is 0 Å². The largest absolute Gasteiger partial charge is 0.324 e. The Morgan fingerprint density at radius 2 is 2.20 bits per heavy atom. The molecule has 10 heavy (non-hydrogen) atoms. The molecule has 0 saturated heterocycles. The average Bonchev–Trinajstić information content (AvgIpc) is 2.46. The van der Waals surface area contributed by atoms with E-state index in [9.17, 15) is 0 Å². The Labute approximate surface area is 62.1 Å². The first-order valence-electron chi connectivity index (χ1n) is 3.54. The summed E-state index contributed by atoms with van der Waals surface area (Å²) in [6.45, 7) is 4.83. The lowest BCUT2D eigenvalue weighted by molar-refractivity contribution is 0.617. The van der Waals surface area contributed by atoms with Gasteiger partial charge in [-0.15, -0.1) is 0 Å². The van der Waals surface area contributed by atoms with E-state index in [1.54, 1.807) is 12.5 Å². The molecule has 0 aliphatic rings. The van der Waals surface area contributed by atoms with Crippen LogP contribution in [0.1, 0.15) is 13.8 Å². The second kappa shape index (κ2) is 6.29. The molecule has 0 unspecified atom stereocenters. The Morgan fingerprint density at radius 3 is 2.60 bits per heavy atom. The summed E-state index contributed by atoms with van der Waals surface area (Å²) >= 11 is 0. The Morgan fingerprint density at radius 1 is 1.50 bits per heavy atom. The molecule has 3 nitrogen and oxygen atoms in total. The van der Waals surface area contributed by atoms with Gasteiger partial charge in [-0.25, -0.2) is 4.98 Å². The van der Waals surface area contributed by atoms with Crippen molar-refractivity contribution in [2.45, 2.75) is 20.5 Å². The summed E-state index contributed by atoms with van der Waals surface area (Å²) in [5.74, 6) is 0. The number of hydrogen-bond donors (Lipinski definition) is 1. The summed E-state index contributed by atoms with van der Waals surface area (Å²) in [6.07, 6.45) is 5.45. The van der Waals surface area contributed by atoms with E-state index in [1.807, 2.05) is 31.7 Å². The van der Waals surface area contributed by atoms with Crippen molar-refractivity contribution in [3.63, 3.8) is 0 Å². The van der Waals surface area contributed by atoms with Crippen molar-refractivity contribution >= 4 is 0 Å². The molecule has 1 heterocycles. The topological polar surface area (TPSA) is 29.9 Å². The maximum Gasteiger partial charge on any atom is 0.0956 e. The van der Waals surface area contributed by atoms with Crippen LogP contribution in [-0.4, -0.2) is 16.6 Å². The van der Waals surface area contributed by atoms with Gasteiger partial charge in [0.15, 0.2) is 0 Å². The number of rotatable bonds is 2. The van der Waals surface area contributed by atoms with Crippen molar-refractivity contribution < 1.29 is 0 Å². The third-order valence-electron chi connectivity index (χ3n) is 0.900. The van der Waals surface area contributed by atoms with E-state index in [4.69, 9.17) is 0 Å². The van der Waals surface area contributed by atoms with Crippen molar-refractivity contribution in [2.24, 2.45) is 0 Å². The molecule has 1 N–H and O–H groups in total. The molecule has 1 aromatic rings. The van der Waals surface area contributed by atoms with Crippen LogP contribution in [0.3, 0.4) is 0 Å². The number of hydrogen-bond acceptors (Lipinski definition) is 2. The highest BCUT2D eigenvalue weighted by Gasteiger charge is 1.80. The third kappa shape index (κ3) is 3.25. The van der Waals surface area contributed by atoms with Gasteiger partial charge in [0, 0.05) is 12.4 Å². The lowest BCUT2D eigenvalue weighted by Crippen LogP contribution is -2.10. The standard InChI is InChI=1S/C5H9N3.C2H6/c1-6-4-8-3-2-7-5-8;1-2/h2-3,5-6H,4H2,1H3;1-2H3. The van der Waals surface area contributed by atoms with E-state index in [1.165, 1.54) is 0 Å². The fourth-order valence-electron chi connectivity index (χ4n) is 0.563. The molecular weight excluding hydrogens is 126 g/mol. The van der Waals surface area contributed by atoms with E-state index < -0.39 is 0 Å². The maximum atomic E-state index is 3.86. The number of aromatic nitrogens is 2. The molecule has 0 fully saturated rings. The van der Waals surface area contributed by atoms with Gasteiger partial charge in [0.1, 0.15) is 0 Å². The van der Waals surface area contributed by atoms with Gasteiger partial charge >= 0.3 is 0 Å². The van der Waals surface area contributed by atoms with Crippen LogP contribution in [-0.2, 0) is 6.67 Å². The Bertz CT molecular complexity index is 135. The molecule has 3 heteroatoms. The average molecular weight is 141 g/mol. The number of imidazole rings is 1. The summed E-state index contributed by atoms with van der Waals surface area (Å²) in [7, 11) is 1.90. The summed E-state index contributed by atoms with van der Waals surface area (Å²) in [5, 5.41) is 2.99. The van der Waals surface area contributed by atoms with E-state index >= 15 is 0 Å². The predicted molar refractivity (Wildman–Crippen MR) is 42.6 cm³/mol. The predicted octanol–water partition coefficient (Wildman–Crippen LogP) is 1.09. The van der Waals surface area contributed by atoms with Crippen LogP contribution in [0.2, 0.25) is 0 Å². The van der Waals surface area contributed by atoms with Crippen molar-refractivity contribution in [3.8, 4) is 0 Å². The van der Waals surface area contributed by atoms with Gasteiger partial charge in [-0.05, 0) is 7.05 Å². The molecule has 0 bridgehead atoms. The van der Waals surface area contributed by atoms with Gasteiger partial charge in [-0.2, -0.15) is 0 Å². The monoisotopic (exact) mass is 141 g/mol. The maximum absolute atomic E-state index is 3.86. The molecule has 0 aromatic carbocycles. The Kier molecular flexibility index (Phi) is 5.77. The molecule has 0 saturated carbocycles. The first-order valence-corrected chi connectivity index (χ1v) is 3.54. The lowest BCUT2D eigenvalue weighted by atomic mass is 10.9. The van der Waals surface area contributed by atoms with E-state index in [2.05, 4.69) is 10.3 Å². The van der Waals surface area contributed by atoms with Gasteiger partial charge in [-0.1, -0.05) is 13.8 Å². The van der Waals surface area contributed by atoms with Crippen molar-refractivity contribution in [2.75, 3.05) is 7.05 Å². The van der Waals surface area contributed by atoms with E-state index in [0.717, 1.165) is 6.67 Å². The second-order valence-corrected chi connectivity index (χ2v) is 1.59. The van der Waals surface area contributed by atoms with Gasteiger partial charge in [0.05, 0.1) is 13.0 Å². The van der Waals surface area contributed by atoms with Gasteiger partial charge in [0.25, 0.3) is 0 Å². The normalized spacial score (nSPS) is 8.30. The molecule has 1 rings (SSSR count). The van der Waals surface area contributed by atoms with Gasteiger partial charge < -0.3 is 9.88 Å². The summed E-state index contributed by atoms with van der Waals surface area (Å²) in [4.78, 5) is 3.86. The first kappa shape index (κ1) is 9.17. The lowest BCUT2D eigenvalue weighted by Gasteiger charge is -1.95. The van der Waals surface area contributed by atoms with Crippen LogP contribution < -0.4 is 5.32 Å². The highest BCUT2D eigenvalue weighted by Crippen LogP contribution is 1.79. The number of nitrogens with zero attached hydrogens (tertiary/aromatic N) is 2. The van der Waals surface area contributed by atoms with Crippen LogP contribution >= 0.6 is 0 Å². The summed E-state index contributed by atoms with van der Waals surface area (Å²) in [5.41, 5.74) is 0. The van der Waals surface area contributed by atoms with E-state index in [0.29, 0.717) is 0 Å². The molecule has 0 amide bonds. The zero-order valence-electron chi connectivity index (χ0n) is 6.83. The fraction of sp³-hybridized carbons (Fsp3) is 0.571. The smallest absolute Gasteiger partial charge is 0.0956 e.